The first-order valence-corrected chi connectivity index (χ1v) is 9.55. The molecule has 0 bridgehead atoms. The number of hydrogen-bond acceptors (Lipinski definition) is 5. The molecule has 2 aromatic carbocycles. The monoisotopic (exact) mass is 449 g/mol. The largest absolute Gasteiger partial charge is 0.496 e. The van der Waals surface area contributed by atoms with Gasteiger partial charge in [0.25, 0.3) is 5.91 Å². The van der Waals surface area contributed by atoms with Gasteiger partial charge in [0, 0.05) is 15.4 Å². The third-order valence-electron chi connectivity index (χ3n) is 4.30. The van der Waals surface area contributed by atoms with Crippen molar-refractivity contribution in [2.45, 2.75) is 0 Å². The Kier molecular flexibility index (Phi) is 5.39. The Labute approximate surface area is 175 Å². The predicted molar refractivity (Wildman–Crippen MR) is 115 cm³/mol. The van der Waals surface area contributed by atoms with E-state index in [-0.39, 0.29) is 5.91 Å². The van der Waals surface area contributed by atoms with Gasteiger partial charge in [0.05, 0.1) is 30.7 Å². The van der Waals surface area contributed by atoms with Crippen LogP contribution in [-0.4, -0.2) is 24.2 Å². The lowest BCUT2D eigenvalue weighted by molar-refractivity contribution is 0.0956. The van der Waals surface area contributed by atoms with Crippen molar-refractivity contribution in [1.29, 1.82) is 0 Å². The molecule has 0 atom stereocenters. The minimum atomic E-state index is -0.346. The number of aromatic nitrogens is 1. The Morgan fingerprint density at radius 3 is 2.83 bits per heavy atom. The standard InChI is InChI=1S/C22H16BrN3O3/c1-28-20-9-8-15(23)11-14(20)13-24-26-22(27)17-12-19(21-7-4-10-29-21)25-18-6-3-2-5-16(17)18/h2-13H,1H3,(H,26,27)/b24-13+. The summed E-state index contributed by atoms with van der Waals surface area (Å²) < 4.78 is 11.6. The number of hydrazone groups is 1. The fourth-order valence-electron chi connectivity index (χ4n) is 2.94. The minimum absolute atomic E-state index is 0.346. The highest BCUT2D eigenvalue weighted by molar-refractivity contribution is 9.10. The van der Waals surface area contributed by atoms with Gasteiger partial charge in [-0.1, -0.05) is 34.1 Å². The lowest BCUT2D eigenvalue weighted by Crippen LogP contribution is -2.18. The van der Waals surface area contributed by atoms with Crippen LogP contribution in [0.2, 0.25) is 0 Å². The van der Waals surface area contributed by atoms with Gasteiger partial charge >= 0.3 is 0 Å². The maximum absolute atomic E-state index is 12.9. The van der Waals surface area contributed by atoms with Gasteiger partial charge in [0.1, 0.15) is 11.4 Å². The number of halogens is 1. The van der Waals surface area contributed by atoms with Gasteiger partial charge in [-0.25, -0.2) is 10.4 Å². The van der Waals surface area contributed by atoms with Gasteiger partial charge in [0.15, 0.2) is 5.76 Å². The first-order valence-electron chi connectivity index (χ1n) is 8.76. The van der Waals surface area contributed by atoms with E-state index in [1.54, 1.807) is 31.6 Å². The number of pyridine rings is 1. The third-order valence-corrected chi connectivity index (χ3v) is 4.79. The first-order chi connectivity index (χ1) is 14.2. The molecule has 0 radical (unpaired) electrons. The topological polar surface area (TPSA) is 76.7 Å². The van der Waals surface area contributed by atoms with Crippen LogP contribution in [0.5, 0.6) is 5.75 Å². The maximum atomic E-state index is 12.9. The zero-order valence-electron chi connectivity index (χ0n) is 15.4. The molecule has 0 fully saturated rings. The summed E-state index contributed by atoms with van der Waals surface area (Å²) in [5, 5.41) is 4.83. The van der Waals surface area contributed by atoms with Crippen LogP contribution < -0.4 is 10.2 Å². The Morgan fingerprint density at radius 2 is 2.03 bits per heavy atom. The second-order valence-electron chi connectivity index (χ2n) is 6.13. The molecule has 0 aliphatic rings. The van der Waals surface area contributed by atoms with E-state index in [0.717, 1.165) is 15.4 Å². The number of carbonyl (C=O) groups excluding carboxylic acids is 1. The molecule has 0 saturated carbocycles. The number of ether oxygens (including phenoxy) is 1. The lowest BCUT2D eigenvalue weighted by Gasteiger charge is -2.08. The van der Waals surface area contributed by atoms with Crippen LogP contribution in [0.25, 0.3) is 22.4 Å². The maximum Gasteiger partial charge on any atom is 0.272 e. The summed E-state index contributed by atoms with van der Waals surface area (Å²) in [4.78, 5) is 17.5. The first kappa shape index (κ1) is 18.9. The number of benzene rings is 2. The molecule has 2 aromatic heterocycles. The zero-order valence-corrected chi connectivity index (χ0v) is 17.0. The summed E-state index contributed by atoms with van der Waals surface area (Å²) in [6.07, 6.45) is 3.11. The number of furan rings is 1. The number of rotatable bonds is 5. The van der Waals surface area contributed by atoms with E-state index in [9.17, 15) is 4.79 Å². The number of hydrogen-bond donors (Lipinski definition) is 1. The third kappa shape index (κ3) is 4.05. The highest BCUT2D eigenvalue weighted by Gasteiger charge is 2.14. The molecule has 0 saturated heterocycles. The molecule has 0 aliphatic carbocycles. The number of para-hydroxylation sites is 1. The van der Waals surface area contributed by atoms with Gasteiger partial charge < -0.3 is 9.15 Å². The molecule has 0 aliphatic heterocycles. The summed E-state index contributed by atoms with van der Waals surface area (Å²) in [5.74, 6) is 0.898. The number of nitrogens with zero attached hydrogens (tertiary/aromatic N) is 2. The molecular weight excluding hydrogens is 434 g/mol. The van der Waals surface area contributed by atoms with E-state index in [1.807, 2.05) is 42.5 Å². The van der Waals surface area contributed by atoms with Crippen molar-refractivity contribution >= 4 is 39.0 Å². The SMILES string of the molecule is COc1ccc(Br)cc1/C=N/NC(=O)c1cc(-c2ccco2)nc2ccccc12. The summed E-state index contributed by atoms with van der Waals surface area (Å²) in [6.45, 7) is 0. The van der Waals surface area contributed by atoms with Crippen molar-refractivity contribution in [3.8, 4) is 17.2 Å². The molecule has 7 heteroatoms. The van der Waals surface area contributed by atoms with E-state index in [2.05, 4.69) is 31.4 Å². The summed E-state index contributed by atoms with van der Waals surface area (Å²) in [6, 6.07) is 18.3. The van der Waals surface area contributed by atoms with Crippen LogP contribution in [0.15, 0.2) is 80.9 Å². The fraction of sp³-hybridized carbons (Fsp3) is 0.0455. The fourth-order valence-corrected chi connectivity index (χ4v) is 3.32. The molecule has 1 N–H and O–H groups in total. The molecule has 144 valence electrons. The van der Waals surface area contributed by atoms with Crippen molar-refractivity contribution in [1.82, 2.24) is 10.4 Å². The Bertz CT molecular complexity index is 1200. The van der Waals surface area contributed by atoms with Crippen LogP contribution in [0, 0.1) is 0 Å². The number of nitrogens with one attached hydrogen (secondary N) is 1. The second kappa shape index (κ2) is 8.28. The number of carbonyl (C=O) groups is 1. The predicted octanol–water partition coefficient (Wildman–Crippen LogP) is 5.03. The number of fused-ring (bicyclic) bond motifs is 1. The Morgan fingerprint density at radius 1 is 1.17 bits per heavy atom. The highest BCUT2D eigenvalue weighted by atomic mass is 79.9. The molecule has 0 spiro atoms. The van der Waals surface area contributed by atoms with E-state index in [1.165, 1.54) is 6.21 Å². The Hall–Kier alpha value is -3.45. The Balaban J connectivity index is 1.66. The highest BCUT2D eigenvalue weighted by Crippen LogP contribution is 2.25. The van der Waals surface area contributed by atoms with Crippen LogP contribution in [0.1, 0.15) is 15.9 Å². The van der Waals surface area contributed by atoms with Gasteiger partial charge in [-0.3, -0.25) is 4.79 Å². The molecule has 4 rings (SSSR count). The van der Waals surface area contributed by atoms with Crippen LogP contribution in [0.3, 0.4) is 0 Å². The molecule has 0 unspecified atom stereocenters. The molecule has 6 nitrogen and oxygen atoms in total. The molecular formula is C22H16BrN3O3. The van der Waals surface area contributed by atoms with E-state index in [0.29, 0.717) is 28.3 Å². The van der Waals surface area contributed by atoms with E-state index in [4.69, 9.17) is 9.15 Å². The molecule has 2 heterocycles. The van der Waals surface area contributed by atoms with Crippen LogP contribution in [0.4, 0.5) is 0 Å². The van der Waals surface area contributed by atoms with Crippen LogP contribution >= 0.6 is 15.9 Å². The van der Waals surface area contributed by atoms with Gasteiger partial charge in [-0.15, -0.1) is 0 Å². The van der Waals surface area contributed by atoms with Gasteiger partial charge in [-0.2, -0.15) is 5.10 Å². The van der Waals surface area contributed by atoms with Crippen molar-refractivity contribution in [3.05, 3.63) is 82.5 Å². The molecule has 4 aromatic rings. The van der Waals surface area contributed by atoms with E-state index >= 15 is 0 Å². The normalized spacial score (nSPS) is 11.1. The summed E-state index contributed by atoms with van der Waals surface area (Å²) in [7, 11) is 1.58. The zero-order chi connectivity index (χ0) is 20.2. The second-order valence-corrected chi connectivity index (χ2v) is 7.05. The van der Waals surface area contributed by atoms with Crippen molar-refractivity contribution < 1.29 is 13.9 Å². The minimum Gasteiger partial charge on any atom is -0.496 e. The molecule has 1 amide bonds. The van der Waals surface area contributed by atoms with Gasteiger partial charge in [-0.05, 0) is 42.5 Å². The van der Waals surface area contributed by atoms with Crippen LogP contribution in [-0.2, 0) is 0 Å². The van der Waals surface area contributed by atoms with Crippen molar-refractivity contribution in [2.24, 2.45) is 5.10 Å². The summed E-state index contributed by atoms with van der Waals surface area (Å²) in [5.41, 5.74) is 5.06. The van der Waals surface area contributed by atoms with Gasteiger partial charge in [0.2, 0.25) is 0 Å². The quantitative estimate of drug-likeness (QED) is 0.342. The smallest absolute Gasteiger partial charge is 0.272 e. The average molecular weight is 450 g/mol. The van der Waals surface area contributed by atoms with Crippen molar-refractivity contribution in [3.63, 3.8) is 0 Å². The summed E-state index contributed by atoms with van der Waals surface area (Å²) >= 11 is 3.42. The molecule has 29 heavy (non-hydrogen) atoms. The van der Waals surface area contributed by atoms with Crippen molar-refractivity contribution in [2.75, 3.05) is 7.11 Å². The number of methoxy groups -OCH3 is 1. The number of amides is 1. The van der Waals surface area contributed by atoms with E-state index < -0.39 is 0 Å². The lowest BCUT2D eigenvalue weighted by atomic mass is 10.1. The average Bonchev–Trinajstić information content (AvgIpc) is 3.28.